The lowest BCUT2D eigenvalue weighted by Crippen LogP contribution is -2.17. The third kappa shape index (κ3) is 1.95. The van der Waals surface area contributed by atoms with E-state index in [1.165, 1.54) is 0 Å². The summed E-state index contributed by atoms with van der Waals surface area (Å²) in [5, 5.41) is 0.477. The van der Waals surface area contributed by atoms with E-state index in [1.54, 1.807) is 12.1 Å². The standard InChI is InChI=1S/C12H11BClNO/c1-7(14)6-8-4-5-16-10-3-2-9(13)12(15)11(8)10/h2-3,6H,1,4-5,15H2/b8-6-. The minimum Gasteiger partial charge on any atom is -0.493 e. The van der Waals surface area contributed by atoms with E-state index in [2.05, 4.69) is 6.58 Å². The van der Waals surface area contributed by atoms with E-state index in [0.29, 0.717) is 22.8 Å². The molecule has 4 heteroatoms. The van der Waals surface area contributed by atoms with E-state index in [1.807, 2.05) is 6.07 Å². The molecule has 1 aromatic rings. The first-order valence-corrected chi connectivity index (χ1v) is 5.33. The number of anilines is 1. The van der Waals surface area contributed by atoms with E-state index < -0.39 is 0 Å². The van der Waals surface area contributed by atoms with Gasteiger partial charge in [-0.05, 0) is 17.7 Å². The van der Waals surface area contributed by atoms with Crippen molar-refractivity contribution >= 4 is 36.2 Å². The van der Waals surface area contributed by atoms with Crippen molar-refractivity contribution in [3.05, 3.63) is 35.4 Å². The van der Waals surface area contributed by atoms with Crippen LogP contribution >= 0.6 is 11.6 Å². The fourth-order valence-electron chi connectivity index (χ4n) is 1.80. The molecule has 0 saturated heterocycles. The van der Waals surface area contributed by atoms with Crippen molar-refractivity contribution in [1.82, 2.24) is 0 Å². The largest absolute Gasteiger partial charge is 0.493 e. The van der Waals surface area contributed by atoms with Gasteiger partial charge in [-0.2, -0.15) is 0 Å². The van der Waals surface area contributed by atoms with Crippen LogP contribution in [-0.4, -0.2) is 14.5 Å². The van der Waals surface area contributed by atoms with Gasteiger partial charge in [0.2, 0.25) is 0 Å². The van der Waals surface area contributed by atoms with Crippen molar-refractivity contribution < 1.29 is 4.74 Å². The normalized spacial score (nSPS) is 16.7. The predicted molar refractivity (Wildman–Crippen MR) is 69.3 cm³/mol. The number of nitrogen functional groups attached to an aromatic ring is 1. The van der Waals surface area contributed by atoms with Crippen LogP contribution in [0.15, 0.2) is 29.8 Å². The van der Waals surface area contributed by atoms with Crippen molar-refractivity contribution in [2.45, 2.75) is 6.42 Å². The average Bonchev–Trinajstić information content (AvgIpc) is 2.23. The van der Waals surface area contributed by atoms with Gasteiger partial charge >= 0.3 is 0 Å². The molecule has 0 bridgehead atoms. The average molecular weight is 231 g/mol. The summed E-state index contributed by atoms with van der Waals surface area (Å²) >= 11 is 5.79. The Hall–Kier alpha value is -1.35. The van der Waals surface area contributed by atoms with Gasteiger partial charge in [-0.25, -0.2) is 0 Å². The summed E-state index contributed by atoms with van der Waals surface area (Å²) in [7, 11) is 5.77. The number of hydrogen-bond acceptors (Lipinski definition) is 2. The van der Waals surface area contributed by atoms with Crippen LogP contribution in [0.2, 0.25) is 0 Å². The molecule has 0 amide bonds. The summed E-state index contributed by atoms with van der Waals surface area (Å²) in [6.07, 6.45) is 2.56. The van der Waals surface area contributed by atoms with E-state index >= 15 is 0 Å². The number of benzene rings is 1. The molecule has 0 aromatic heterocycles. The van der Waals surface area contributed by atoms with Gasteiger partial charge in [0.05, 0.1) is 6.61 Å². The van der Waals surface area contributed by atoms with Crippen LogP contribution in [-0.2, 0) is 0 Å². The van der Waals surface area contributed by atoms with Crippen molar-refractivity contribution in [2.24, 2.45) is 0 Å². The van der Waals surface area contributed by atoms with Crippen LogP contribution in [0.25, 0.3) is 5.57 Å². The molecule has 2 rings (SSSR count). The lowest BCUT2D eigenvalue weighted by molar-refractivity contribution is 0.317. The van der Waals surface area contributed by atoms with Gasteiger partial charge < -0.3 is 10.5 Å². The van der Waals surface area contributed by atoms with Crippen LogP contribution < -0.4 is 15.9 Å². The molecule has 2 nitrogen and oxygen atoms in total. The number of halogens is 1. The molecule has 80 valence electrons. The van der Waals surface area contributed by atoms with Gasteiger partial charge in [-0.1, -0.05) is 29.7 Å². The quantitative estimate of drug-likeness (QED) is 0.592. The molecule has 0 aliphatic carbocycles. The van der Waals surface area contributed by atoms with Gasteiger partial charge in [0, 0.05) is 22.7 Å². The van der Waals surface area contributed by atoms with Crippen LogP contribution in [0.3, 0.4) is 0 Å². The fourth-order valence-corrected chi connectivity index (χ4v) is 1.93. The minimum atomic E-state index is 0.477. The summed E-state index contributed by atoms with van der Waals surface area (Å²) in [5.41, 5.74) is 8.91. The SMILES string of the molecule is [B]c1ccc2c(c1N)/C(=C\C(=C)Cl)CCO2. The maximum Gasteiger partial charge on any atom is 0.128 e. The molecule has 1 aliphatic heterocycles. The zero-order valence-electron chi connectivity index (χ0n) is 8.79. The highest BCUT2D eigenvalue weighted by atomic mass is 35.5. The molecular formula is C12H11BClNO. The number of rotatable bonds is 1. The number of fused-ring (bicyclic) bond motifs is 1. The Morgan fingerprint density at radius 3 is 3.00 bits per heavy atom. The second-order valence-electron chi connectivity index (χ2n) is 3.66. The zero-order valence-corrected chi connectivity index (χ0v) is 9.55. The molecule has 0 unspecified atom stereocenters. The third-order valence-corrected chi connectivity index (χ3v) is 2.63. The summed E-state index contributed by atoms with van der Waals surface area (Å²) < 4.78 is 5.52. The maximum atomic E-state index is 5.95. The van der Waals surface area contributed by atoms with Gasteiger partial charge in [-0.3, -0.25) is 0 Å². The van der Waals surface area contributed by atoms with Crippen LogP contribution in [0, 0.1) is 0 Å². The Morgan fingerprint density at radius 2 is 2.31 bits per heavy atom. The maximum absolute atomic E-state index is 5.95. The second-order valence-corrected chi connectivity index (χ2v) is 4.14. The van der Waals surface area contributed by atoms with E-state index in [4.69, 9.17) is 29.9 Å². The topological polar surface area (TPSA) is 35.2 Å². The lowest BCUT2D eigenvalue weighted by Gasteiger charge is -2.23. The van der Waals surface area contributed by atoms with Crippen molar-refractivity contribution in [3.63, 3.8) is 0 Å². The monoisotopic (exact) mass is 231 g/mol. The number of hydrogen-bond donors (Lipinski definition) is 1. The van der Waals surface area contributed by atoms with Gasteiger partial charge in [0.1, 0.15) is 13.6 Å². The van der Waals surface area contributed by atoms with E-state index in [0.717, 1.165) is 23.3 Å². The first kappa shape index (κ1) is 11.1. The Labute approximate surface area is 101 Å². The van der Waals surface area contributed by atoms with Gasteiger partial charge in [0.25, 0.3) is 0 Å². The summed E-state index contributed by atoms with van der Waals surface area (Å²) in [5.74, 6) is 0.752. The summed E-state index contributed by atoms with van der Waals surface area (Å²) in [6, 6.07) is 3.57. The van der Waals surface area contributed by atoms with Crippen molar-refractivity contribution in [3.8, 4) is 5.75 Å². The minimum absolute atomic E-state index is 0.477. The molecule has 1 aromatic carbocycles. The molecule has 0 saturated carbocycles. The molecule has 2 N–H and O–H groups in total. The zero-order chi connectivity index (χ0) is 11.7. The molecule has 0 fully saturated rings. The first-order valence-electron chi connectivity index (χ1n) is 4.95. The Morgan fingerprint density at radius 1 is 1.56 bits per heavy atom. The highest BCUT2D eigenvalue weighted by Gasteiger charge is 2.18. The summed E-state index contributed by atoms with van der Waals surface area (Å²) in [4.78, 5) is 0. The number of ether oxygens (including phenoxy) is 1. The summed E-state index contributed by atoms with van der Waals surface area (Å²) in [6.45, 7) is 4.27. The molecule has 1 heterocycles. The van der Waals surface area contributed by atoms with E-state index in [-0.39, 0.29) is 0 Å². The van der Waals surface area contributed by atoms with Crippen LogP contribution in [0.1, 0.15) is 12.0 Å². The molecule has 2 radical (unpaired) electrons. The Bertz CT molecular complexity index is 482. The van der Waals surface area contributed by atoms with E-state index in [9.17, 15) is 0 Å². The number of nitrogens with two attached hydrogens (primary N) is 1. The molecule has 1 aliphatic rings. The fraction of sp³-hybridized carbons (Fsp3) is 0.167. The molecular weight excluding hydrogens is 220 g/mol. The van der Waals surface area contributed by atoms with Crippen molar-refractivity contribution in [1.29, 1.82) is 0 Å². The second kappa shape index (κ2) is 4.26. The predicted octanol–water partition coefficient (Wildman–Crippen LogP) is 1.98. The Kier molecular flexibility index (Phi) is 2.97. The lowest BCUT2D eigenvalue weighted by atomic mass is 9.87. The third-order valence-electron chi connectivity index (χ3n) is 2.52. The van der Waals surface area contributed by atoms with Crippen LogP contribution in [0.5, 0.6) is 5.75 Å². The van der Waals surface area contributed by atoms with Crippen LogP contribution in [0.4, 0.5) is 5.69 Å². The van der Waals surface area contributed by atoms with Gasteiger partial charge in [0.15, 0.2) is 0 Å². The highest BCUT2D eigenvalue weighted by Crippen LogP contribution is 2.36. The number of allylic oxidation sites excluding steroid dienone is 2. The Balaban J connectivity index is 2.60. The highest BCUT2D eigenvalue weighted by molar-refractivity contribution is 6.36. The van der Waals surface area contributed by atoms with Crippen molar-refractivity contribution in [2.75, 3.05) is 12.3 Å². The first-order chi connectivity index (χ1) is 7.59. The molecule has 0 atom stereocenters. The molecule has 16 heavy (non-hydrogen) atoms. The smallest absolute Gasteiger partial charge is 0.128 e. The van der Waals surface area contributed by atoms with Gasteiger partial charge in [-0.15, -0.1) is 0 Å². The molecule has 0 spiro atoms.